The lowest BCUT2D eigenvalue weighted by atomic mass is 10.1. The minimum atomic E-state index is -0.565. The zero-order valence-corrected chi connectivity index (χ0v) is 15.3. The molecule has 0 saturated heterocycles. The van der Waals surface area contributed by atoms with Crippen molar-refractivity contribution in [1.29, 1.82) is 0 Å². The molecule has 0 aliphatic rings. The number of thiazole rings is 1. The van der Waals surface area contributed by atoms with Crippen molar-refractivity contribution in [3.05, 3.63) is 59.5 Å². The number of carbonyl (C=O) groups is 1. The Morgan fingerprint density at radius 3 is 2.73 bits per heavy atom. The number of amides is 1. The van der Waals surface area contributed by atoms with Crippen LogP contribution in [0.5, 0.6) is 5.75 Å². The highest BCUT2D eigenvalue weighted by molar-refractivity contribution is 8.00. The van der Waals surface area contributed by atoms with Crippen LogP contribution in [0.2, 0.25) is 0 Å². The molecule has 0 saturated carbocycles. The maximum atomic E-state index is 13.8. The summed E-state index contributed by atoms with van der Waals surface area (Å²) < 4.78 is 32.2. The van der Waals surface area contributed by atoms with E-state index in [1.54, 1.807) is 12.5 Å². The van der Waals surface area contributed by atoms with Crippen LogP contribution in [0.3, 0.4) is 0 Å². The number of methoxy groups -OCH3 is 1. The number of rotatable bonds is 6. The molecule has 1 aromatic heterocycles. The maximum Gasteiger partial charge on any atom is 0.236 e. The van der Waals surface area contributed by atoms with Crippen molar-refractivity contribution in [2.24, 2.45) is 0 Å². The van der Waals surface area contributed by atoms with Crippen molar-refractivity contribution in [3.8, 4) is 17.0 Å². The van der Waals surface area contributed by atoms with E-state index in [1.807, 2.05) is 24.3 Å². The number of ether oxygens (including phenoxy) is 1. The van der Waals surface area contributed by atoms with Crippen LogP contribution in [0.1, 0.15) is 0 Å². The highest BCUT2D eigenvalue weighted by Crippen LogP contribution is 2.28. The van der Waals surface area contributed by atoms with E-state index in [4.69, 9.17) is 4.74 Å². The molecule has 1 heterocycles. The minimum absolute atomic E-state index is 0.0642. The van der Waals surface area contributed by atoms with Crippen molar-refractivity contribution in [2.45, 2.75) is 4.90 Å². The topological polar surface area (TPSA) is 51.2 Å². The molecule has 0 bridgehead atoms. The van der Waals surface area contributed by atoms with Crippen molar-refractivity contribution >= 4 is 34.1 Å². The molecule has 8 heteroatoms. The van der Waals surface area contributed by atoms with E-state index < -0.39 is 11.6 Å². The van der Waals surface area contributed by atoms with Gasteiger partial charge in [-0.2, -0.15) is 0 Å². The second kappa shape index (κ2) is 8.29. The molecular formula is C18H14F2N2O2S2. The van der Waals surface area contributed by atoms with Crippen LogP contribution in [0.4, 0.5) is 13.9 Å². The molecule has 0 radical (unpaired) electrons. The van der Waals surface area contributed by atoms with Crippen molar-refractivity contribution < 1.29 is 18.3 Å². The van der Waals surface area contributed by atoms with Crippen LogP contribution in [0.15, 0.2) is 52.7 Å². The van der Waals surface area contributed by atoms with E-state index in [2.05, 4.69) is 10.3 Å². The molecule has 3 rings (SSSR count). The number of aromatic nitrogens is 1. The third kappa shape index (κ3) is 4.59. The first-order chi connectivity index (χ1) is 12.5. The second-order valence-electron chi connectivity index (χ2n) is 5.17. The summed E-state index contributed by atoms with van der Waals surface area (Å²) >= 11 is 2.53. The summed E-state index contributed by atoms with van der Waals surface area (Å²) in [6, 6.07) is 10.5. The van der Waals surface area contributed by atoms with Gasteiger partial charge in [0.2, 0.25) is 5.91 Å². The molecule has 3 aromatic rings. The van der Waals surface area contributed by atoms with Crippen LogP contribution < -0.4 is 10.1 Å². The van der Waals surface area contributed by atoms with Gasteiger partial charge in [-0.15, -0.1) is 23.1 Å². The van der Waals surface area contributed by atoms with Gasteiger partial charge in [-0.1, -0.05) is 0 Å². The van der Waals surface area contributed by atoms with Crippen molar-refractivity contribution in [3.63, 3.8) is 0 Å². The molecule has 0 atom stereocenters. The number of carbonyl (C=O) groups excluding carboxylic acids is 1. The Hall–Kier alpha value is -2.45. The molecule has 0 aliphatic heterocycles. The summed E-state index contributed by atoms with van der Waals surface area (Å²) in [5.74, 6) is -0.388. The predicted molar refractivity (Wildman–Crippen MR) is 99.8 cm³/mol. The SMILES string of the molecule is COc1ccc(SCC(=O)Nc2nc(-c3cc(F)ccc3F)cs2)cc1. The van der Waals surface area contributed by atoms with Crippen molar-refractivity contribution in [1.82, 2.24) is 4.98 Å². The lowest BCUT2D eigenvalue weighted by molar-refractivity contribution is -0.113. The molecule has 26 heavy (non-hydrogen) atoms. The molecule has 2 aromatic carbocycles. The number of anilines is 1. The second-order valence-corrected chi connectivity index (χ2v) is 7.08. The largest absolute Gasteiger partial charge is 0.497 e. The number of thioether (sulfide) groups is 1. The first-order valence-electron chi connectivity index (χ1n) is 7.53. The van der Waals surface area contributed by atoms with E-state index in [-0.39, 0.29) is 22.9 Å². The summed E-state index contributed by atoms with van der Waals surface area (Å²) in [6.45, 7) is 0. The van der Waals surface area contributed by atoms with E-state index >= 15 is 0 Å². The summed E-state index contributed by atoms with van der Waals surface area (Å²) in [5.41, 5.74) is 0.347. The molecule has 0 spiro atoms. The molecule has 0 fully saturated rings. The first-order valence-corrected chi connectivity index (χ1v) is 9.39. The third-order valence-electron chi connectivity index (χ3n) is 3.38. The lowest BCUT2D eigenvalue weighted by Crippen LogP contribution is -2.13. The van der Waals surface area contributed by atoms with E-state index in [0.717, 1.165) is 40.2 Å². The van der Waals surface area contributed by atoms with Gasteiger partial charge >= 0.3 is 0 Å². The molecule has 4 nitrogen and oxygen atoms in total. The quantitative estimate of drug-likeness (QED) is 0.611. The Morgan fingerprint density at radius 2 is 2.00 bits per heavy atom. The number of benzene rings is 2. The number of hydrogen-bond acceptors (Lipinski definition) is 5. The highest BCUT2D eigenvalue weighted by atomic mass is 32.2. The summed E-state index contributed by atoms with van der Waals surface area (Å²) in [7, 11) is 1.59. The van der Waals surface area contributed by atoms with E-state index in [0.29, 0.717) is 5.13 Å². The molecule has 1 N–H and O–H groups in total. The number of halogens is 2. The highest BCUT2D eigenvalue weighted by Gasteiger charge is 2.12. The van der Waals surface area contributed by atoms with Crippen LogP contribution in [-0.2, 0) is 4.79 Å². The van der Waals surface area contributed by atoms with Gasteiger partial charge in [0.1, 0.15) is 17.4 Å². The van der Waals surface area contributed by atoms with Crippen molar-refractivity contribution in [2.75, 3.05) is 18.2 Å². The van der Waals surface area contributed by atoms with Gasteiger partial charge in [0.15, 0.2) is 5.13 Å². The Kier molecular flexibility index (Phi) is 5.85. The van der Waals surface area contributed by atoms with Gasteiger partial charge in [-0.05, 0) is 42.5 Å². The number of nitrogens with zero attached hydrogens (tertiary/aromatic N) is 1. The Bertz CT molecular complexity index is 914. The average Bonchev–Trinajstić information content (AvgIpc) is 3.10. The number of hydrogen-bond donors (Lipinski definition) is 1. The Labute approximate surface area is 157 Å². The van der Waals surface area contributed by atoms with E-state index in [9.17, 15) is 13.6 Å². The van der Waals surface area contributed by atoms with Crippen LogP contribution >= 0.6 is 23.1 Å². The van der Waals surface area contributed by atoms with Crippen LogP contribution in [0, 0.1) is 11.6 Å². The van der Waals surface area contributed by atoms with E-state index in [1.165, 1.54) is 11.8 Å². The van der Waals surface area contributed by atoms with Gasteiger partial charge in [0, 0.05) is 15.8 Å². The fourth-order valence-electron chi connectivity index (χ4n) is 2.12. The molecular weight excluding hydrogens is 378 g/mol. The standard InChI is InChI=1S/C18H14F2N2O2S2/c1-24-12-3-5-13(6-4-12)25-10-17(23)22-18-21-16(9-26-18)14-8-11(19)2-7-15(14)20/h2-9H,10H2,1H3,(H,21,22,23). The molecule has 0 unspecified atom stereocenters. The van der Waals surface area contributed by atoms with Gasteiger partial charge in [0.25, 0.3) is 0 Å². The summed E-state index contributed by atoms with van der Waals surface area (Å²) in [5, 5.41) is 4.58. The normalized spacial score (nSPS) is 10.6. The van der Waals surface area contributed by atoms with Gasteiger partial charge in [0.05, 0.1) is 18.6 Å². The molecule has 1 amide bonds. The maximum absolute atomic E-state index is 13.8. The zero-order valence-electron chi connectivity index (χ0n) is 13.7. The Balaban J connectivity index is 1.59. The average molecular weight is 392 g/mol. The monoisotopic (exact) mass is 392 g/mol. The van der Waals surface area contributed by atoms with Gasteiger partial charge in [-0.3, -0.25) is 4.79 Å². The van der Waals surface area contributed by atoms with Crippen LogP contribution in [0.25, 0.3) is 11.3 Å². The number of nitrogens with one attached hydrogen (secondary N) is 1. The third-order valence-corrected chi connectivity index (χ3v) is 5.15. The predicted octanol–water partition coefficient (Wildman–Crippen LogP) is 4.83. The summed E-state index contributed by atoms with van der Waals surface area (Å²) in [4.78, 5) is 17.1. The Morgan fingerprint density at radius 1 is 1.23 bits per heavy atom. The fourth-order valence-corrected chi connectivity index (χ4v) is 3.55. The molecule has 134 valence electrons. The smallest absolute Gasteiger partial charge is 0.236 e. The lowest BCUT2D eigenvalue weighted by Gasteiger charge is -2.04. The zero-order chi connectivity index (χ0) is 18.5. The minimum Gasteiger partial charge on any atom is -0.497 e. The first kappa shape index (κ1) is 18.3. The van der Waals surface area contributed by atoms with Gasteiger partial charge in [-0.25, -0.2) is 13.8 Å². The summed E-state index contributed by atoms with van der Waals surface area (Å²) in [6.07, 6.45) is 0. The molecule has 0 aliphatic carbocycles. The van der Waals surface area contributed by atoms with Crippen LogP contribution in [-0.4, -0.2) is 23.8 Å². The fraction of sp³-hybridized carbons (Fsp3) is 0.111. The van der Waals surface area contributed by atoms with Gasteiger partial charge < -0.3 is 10.1 Å².